The lowest BCUT2D eigenvalue weighted by Crippen LogP contribution is -2.25. The molecule has 0 bridgehead atoms. The van der Waals surface area contributed by atoms with Crippen molar-refractivity contribution in [3.05, 3.63) is 42.0 Å². The van der Waals surface area contributed by atoms with Crippen LogP contribution in [0.1, 0.15) is 78.1 Å². The van der Waals surface area contributed by atoms with Gasteiger partial charge >= 0.3 is 0 Å². The predicted octanol–water partition coefficient (Wildman–Crippen LogP) is 6.39. The van der Waals surface area contributed by atoms with Crippen LogP contribution >= 0.6 is 0 Å². The average molecular weight is 452 g/mol. The molecular weight excluding hydrogens is 406 g/mol. The minimum absolute atomic E-state index is 0.0456. The Labute approximate surface area is 196 Å². The van der Waals surface area contributed by atoms with E-state index in [4.69, 9.17) is 14.2 Å². The van der Waals surface area contributed by atoms with Crippen LogP contribution < -0.4 is 19.5 Å². The maximum Gasteiger partial charge on any atom is 0.220 e. The fraction of sp³-hybridized carbons (Fsp3) is 0.538. The Kier molecular flexibility index (Phi) is 24.3. The maximum absolute atomic E-state index is 11.8. The van der Waals surface area contributed by atoms with Crippen molar-refractivity contribution in [1.82, 2.24) is 5.32 Å². The first kappa shape index (κ1) is 33.9. The van der Waals surface area contributed by atoms with E-state index in [-0.39, 0.29) is 5.91 Å². The third-order valence-corrected chi connectivity index (χ3v) is 4.11. The first-order valence-corrected chi connectivity index (χ1v) is 11.2. The number of carbonyl (C=O) groups excluding carboxylic acids is 2. The Morgan fingerprint density at radius 1 is 0.969 bits per heavy atom. The van der Waals surface area contributed by atoms with Crippen molar-refractivity contribution in [2.45, 2.75) is 67.7 Å². The van der Waals surface area contributed by atoms with Gasteiger partial charge < -0.3 is 19.5 Å². The van der Waals surface area contributed by atoms with Crippen LogP contribution in [-0.2, 0) is 4.79 Å². The summed E-state index contributed by atoms with van der Waals surface area (Å²) in [7, 11) is 2.97. The lowest BCUT2D eigenvalue weighted by Gasteiger charge is -2.13. The van der Waals surface area contributed by atoms with Gasteiger partial charge in [0, 0.05) is 25.1 Å². The lowest BCUT2D eigenvalue weighted by molar-refractivity contribution is -0.121. The molecular formula is C26H45NO5. The second kappa shape index (κ2) is 22.9. The molecule has 1 aromatic rings. The molecule has 1 amide bonds. The second-order valence-electron chi connectivity index (χ2n) is 6.22. The molecule has 0 unspecified atom stereocenters. The van der Waals surface area contributed by atoms with Crippen molar-refractivity contribution in [3.8, 4) is 17.2 Å². The van der Waals surface area contributed by atoms with Gasteiger partial charge in [-0.2, -0.15) is 0 Å². The molecule has 0 aromatic heterocycles. The molecule has 32 heavy (non-hydrogen) atoms. The summed E-state index contributed by atoms with van der Waals surface area (Å²) in [5, 5.41) is 2.91. The number of hydrogen-bond donors (Lipinski definition) is 1. The van der Waals surface area contributed by atoms with Gasteiger partial charge in [-0.25, -0.2) is 0 Å². The summed E-state index contributed by atoms with van der Waals surface area (Å²) in [6, 6.07) is 3.31. The third kappa shape index (κ3) is 14.3. The van der Waals surface area contributed by atoms with E-state index in [1.54, 1.807) is 12.1 Å². The molecule has 6 nitrogen and oxygen atoms in total. The summed E-state index contributed by atoms with van der Waals surface area (Å²) in [6.07, 6.45) is 2.64. The monoisotopic (exact) mass is 451 g/mol. The molecule has 1 N–H and O–H groups in total. The fourth-order valence-corrected chi connectivity index (χ4v) is 2.19. The topological polar surface area (TPSA) is 73.9 Å². The molecule has 0 heterocycles. The average Bonchev–Trinajstić information content (AvgIpc) is 2.85. The van der Waals surface area contributed by atoms with Crippen LogP contribution in [0.5, 0.6) is 17.2 Å². The first-order chi connectivity index (χ1) is 15.4. The van der Waals surface area contributed by atoms with E-state index in [0.29, 0.717) is 48.7 Å². The maximum atomic E-state index is 11.8. The molecule has 0 saturated heterocycles. The molecule has 0 aliphatic heterocycles. The number of allylic oxidation sites excluding steroid dienone is 1. The van der Waals surface area contributed by atoms with Gasteiger partial charge in [-0.1, -0.05) is 38.8 Å². The van der Waals surface area contributed by atoms with Gasteiger partial charge in [-0.3, -0.25) is 9.59 Å². The van der Waals surface area contributed by atoms with Crippen molar-refractivity contribution < 1.29 is 23.8 Å². The minimum atomic E-state index is 0.0456. The van der Waals surface area contributed by atoms with Crippen LogP contribution in [0.2, 0.25) is 0 Å². The normalized spacial score (nSPS) is 8.66. The zero-order valence-electron chi connectivity index (χ0n) is 21.7. The molecule has 1 aromatic carbocycles. The van der Waals surface area contributed by atoms with Crippen LogP contribution in [0.15, 0.2) is 36.4 Å². The highest BCUT2D eigenvalue weighted by atomic mass is 16.5. The van der Waals surface area contributed by atoms with Crippen LogP contribution in [-0.4, -0.2) is 39.6 Å². The van der Waals surface area contributed by atoms with Crippen molar-refractivity contribution >= 4 is 12.2 Å². The number of hydrogen-bond acceptors (Lipinski definition) is 5. The number of benzene rings is 1. The van der Waals surface area contributed by atoms with E-state index in [1.807, 2.05) is 48.5 Å². The number of carbonyl (C=O) groups is 2. The molecule has 0 aliphatic carbocycles. The van der Waals surface area contributed by atoms with E-state index in [0.717, 1.165) is 12.8 Å². The SMILES string of the molecule is C=C.CC.CC.COc1cc(OCCCCC(=O)NCC(C)=C(C)C)cc(OC)c1C=O. The number of unbranched alkanes of at least 4 members (excludes halogenated alkanes) is 1. The number of aldehydes is 1. The Hall–Kier alpha value is -2.76. The first-order valence-electron chi connectivity index (χ1n) is 11.2. The molecule has 0 spiro atoms. The zero-order chi connectivity index (χ0) is 25.5. The van der Waals surface area contributed by atoms with Crippen molar-refractivity contribution in [3.63, 3.8) is 0 Å². The summed E-state index contributed by atoms with van der Waals surface area (Å²) in [5.41, 5.74) is 2.76. The second-order valence-corrected chi connectivity index (χ2v) is 6.22. The molecule has 1 rings (SSSR count). The minimum Gasteiger partial charge on any atom is -0.496 e. The highest BCUT2D eigenvalue weighted by Crippen LogP contribution is 2.32. The highest BCUT2D eigenvalue weighted by molar-refractivity contribution is 5.84. The van der Waals surface area contributed by atoms with E-state index < -0.39 is 0 Å². The quantitative estimate of drug-likeness (QED) is 0.240. The van der Waals surface area contributed by atoms with Gasteiger partial charge in [-0.05, 0) is 33.6 Å². The standard InChI is InChI=1S/C20H29NO5.2C2H6.C2H4/c1-14(2)15(3)12-21-20(23)8-6-7-9-26-16-10-18(24-4)17(13-22)19(11-16)25-5;3*1-2/h10-11,13H,6-9,12H2,1-5H3,(H,21,23);2*1-2H3;1-2H2. The Balaban J connectivity index is -0.00000129. The van der Waals surface area contributed by atoms with Gasteiger partial charge in [0.05, 0.1) is 26.4 Å². The summed E-state index contributed by atoms with van der Waals surface area (Å²) in [4.78, 5) is 22.9. The molecule has 0 saturated carbocycles. The Bertz CT molecular complexity index is 639. The van der Waals surface area contributed by atoms with Crippen molar-refractivity contribution in [1.29, 1.82) is 0 Å². The van der Waals surface area contributed by atoms with E-state index in [2.05, 4.69) is 18.5 Å². The van der Waals surface area contributed by atoms with Crippen LogP contribution in [0.3, 0.4) is 0 Å². The molecule has 0 radical (unpaired) electrons. The Morgan fingerprint density at radius 3 is 1.88 bits per heavy atom. The number of amides is 1. The summed E-state index contributed by atoms with van der Waals surface area (Å²) in [6.45, 7) is 21.1. The summed E-state index contributed by atoms with van der Waals surface area (Å²) in [5.74, 6) is 1.42. The number of methoxy groups -OCH3 is 2. The smallest absolute Gasteiger partial charge is 0.220 e. The fourth-order valence-electron chi connectivity index (χ4n) is 2.19. The molecule has 184 valence electrons. The van der Waals surface area contributed by atoms with Crippen molar-refractivity contribution in [2.75, 3.05) is 27.4 Å². The molecule has 6 heteroatoms. The Morgan fingerprint density at radius 2 is 1.47 bits per heavy atom. The van der Waals surface area contributed by atoms with E-state index in [9.17, 15) is 9.59 Å². The van der Waals surface area contributed by atoms with Gasteiger partial charge in [0.15, 0.2) is 6.29 Å². The van der Waals surface area contributed by atoms with Crippen molar-refractivity contribution in [2.24, 2.45) is 0 Å². The number of nitrogens with one attached hydrogen (secondary N) is 1. The number of ether oxygens (including phenoxy) is 3. The van der Waals surface area contributed by atoms with Gasteiger partial charge in [0.1, 0.15) is 17.2 Å². The zero-order valence-corrected chi connectivity index (χ0v) is 21.7. The van der Waals surface area contributed by atoms with Crippen LogP contribution in [0.4, 0.5) is 0 Å². The largest absolute Gasteiger partial charge is 0.496 e. The van der Waals surface area contributed by atoms with E-state index in [1.165, 1.54) is 25.4 Å². The molecule has 0 fully saturated rings. The predicted molar refractivity (Wildman–Crippen MR) is 135 cm³/mol. The van der Waals surface area contributed by atoms with E-state index >= 15 is 0 Å². The van der Waals surface area contributed by atoms with Gasteiger partial charge in [0.2, 0.25) is 5.91 Å². The van der Waals surface area contributed by atoms with Gasteiger partial charge in [-0.15, -0.1) is 13.2 Å². The van der Waals surface area contributed by atoms with Gasteiger partial charge in [0.25, 0.3) is 0 Å². The highest BCUT2D eigenvalue weighted by Gasteiger charge is 2.12. The summed E-state index contributed by atoms with van der Waals surface area (Å²) < 4.78 is 16.1. The lowest BCUT2D eigenvalue weighted by atomic mass is 10.1. The number of rotatable bonds is 11. The summed E-state index contributed by atoms with van der Waals surface area (Å²) >= 11 is 0. The van der Waals surface area contributed by atoms with Crippen LogP contribution in [0.25, 0.3) is 0 Å². The molecule has 0 atom stereocenters. The third-order valence-electron chi connectivity index (χ3n) is 4.11. The van der Waals surface area contributed by atoms with Crippen LogP contribution in [0, 0.1) is 0 Å². The molecule has 0 aliphatic rings.